The van der Waals surface area contributed by atoms with Gasteiger partial charge >= 0.3 is 0 Å². The van der Waals surface area contributed by atoms with Crippen molar-refractivity contribution in [1.29, 1.82) is 5.26 Å². The Morgan fingerprint density at radius 2 is 1.92 bits per heavy atom. The Morgan fingerprint density at radius 1 is 1.20 bits per heavy atom. The molecule has 2 aromatic carbocycles. The van der Waals surface area contributed by atoms with E-state index in [1.807, 2.05) is 12.1 Å². The molecule has 0 bridgehead atoms. The van der Waals surface area contributed by atoms with Gasteiger partial charge in [0, 0.05) is 10.6 Å². The molecule has 3 rings (SSSR count). The summed E-state index contributed by atoms with van der Waals surface area (Å²) in [6.45, 7) is -0.357. The molecular formula is C18H13Cl2N3O2. The average Bonchev–Trinajstić information content (AvgIpc) is 3.00. The van der Waals surface area contributed by atoms with Crippen LogP contribution in [0.1, 0.15) is 11.3 Å². The molecular weight excluding hydrogens is 361 g/mol. The van der Waals surface area contributed by atoms with Gasteiger partial charge in [-0.25, -0.2) is 4.68 Å². The summed E-state index contributed by atoms with van der Waals surface area (Å²) in [5.74, 6) is 0.695. The van der Waals surface area contributed by atoms with Crippen molar-refractivity contribution in [3.8, 4) is 28.8 Å². The van der Waals surface area contributed by atoms with Gasteiger partial charge in [0.15, 0.2) is 0 Å². The van der Waals surface area contributed by atoms with Crippen molar-refractivity contribution >= 4 is 23.2 Å². The third-order valence-electron chi connectivity index (χ3n) is 3.72. The Morgan fingerprint density at radius 3 is 2.48 bits per heavy atom. The highest BCUT2D eigenvalue weighted by atomic mass is 35.5. The number of aliphatic hydroxyl groups excluding tert-OH is 1. The second kappa shape index (κ2) is 7.16. The van der Waals surface area contributed by atoms with Gasteiger partial charge in [-0.15, -0.1) is 0 Å². The Labute approximate surface area is 154 Å². The van der Waals surface area contributed by atoms with Gasteiger partial charge in [0.2, 0.25) is 0 Å². The van der Waals surface area contributed by atoms with Crippen LogP contribution in [0, 0.1) is 11.3 Å². The minimum atomic E-state index is -0.357. The number of nitriles is 1. The van der Waals surface area contributed by atoms with Crippen molar-refractivity contribution in [1.82, 2.24) is 9.78 Å². The molecule has 1 aromatic heterocycles. The Hall–Kier alpha value is -2.52. The molecule has 0 radical (unpaired) electrons. The molecule has 1 N–H and O–H groups in total. The molecule has 0 saturated heterocycles. The van der Waals surface area contributed by atoms with Crippen LogP contribution in [0.4, 0.5) is 0 Å². The lowest BCUT2D eigenvalue weighted by molar-refractivity contribution is 0.276. The van der Waals surface area contributed by atoms with Gasteiger partial charge in [0.05, 0.1) is 30.1 Å². The standard InChI is InChI=1S/C18H13Cl2N3O2/c1-25-13-5-2-11(3-6-13)18-14(9-21)16(10-24)22-23(18)17-7-4-12(19)8-15(17)20/h2-8,24H,10H2,1H3. The van der Waals surface area contributed by atoms with Crippen molar-refractivity contribution in [2.45, 2.75) is 6.61 Å². The smallest absolute Gasteiger partial charge is 0.118 e. The van der Waals surface area contributed by atoms with Gasteiger partial charge < -0.3 is 9.84 Å². The van der Waals surface area contributed by atoms with E-state index in [-0.39, 0.29) is 12.3 Å². The van der Waals surface area contributed by atoms with Crippen LogP contribution in [-0.4, -0.2) is 22.0 Å². The quantitative estimate of drug-likeness (QED) is 0.742. The summed E-state index contributed by atoms with van der Waals surface area (Å²) in [5, 5.41) is 24.4. The zero-order valence-electron chi connectivity index (χ0n) is 13.2. The summed E-state index contributed by atoms with van der Waals surface area (Å²) < 4.78 is 6.72. The maximum atomic E-state index is 9.58. The third kappa shape index (κ3) is 3.20. The van der Waals surface area contributed by atoms with Crippen molar-refractivity contribution < 1.29 is 9.84 Å². The van der Waals surface area contributed by atoms with Crippen molar-refractivity contribution in [3.05, 3.63) is 63.8 Å². The van der Waals surface area contributed by atoms with E-state index in [4.69, 9.17) is 27.9 Å². The first-order valence-electron chi connectivity index (χ1n) is 7.31. The number of hydrogen-bond donors (Lipinski definition) is 1. The highest BCUT2D eigenvalue weighted by Crippen LogP contribution is 2.33. The molecule has 0 spiro atoms. The molecule has 0 aliphatic rings. The van der Waals surface area contributed by atoms with Gasteiger partial charge in [-0.3, -0.25) is 0 Å². The molecule has 0 saturated carbocycles. The number of methoxy groups -OCH3 is 1. The Balaban J connectivity index is 2.28. The van der Waals surface area contributed by atoms with E-state index in [1.54, 1.807) is 42.1 Å². The molecule has 0 aliphatic heterocycles. The lowest BCUT2D eigenvalue weighted by atomic mass is 10.1. The number of aromatic nitrogens is 2. The highest BCUT2D eigenvalue weighted by molar-refractivity contribution is 6.35. The minimum absolute atomic E-state index is 0.277. The van der Waals surface area contributed by atoms with Gasteiger partial charge in [-0.2, -0.15) is 10.4 Å². The lowest BCUT2D eigenvalue weighted by Gasteiger charge is -2.10. The fraction of sp³-hybridized carbons (Fsp3) is 0.111. The molecule has 0 unspecified atom stereocenters. The average molecular weight is 374 g/mol. The number of rotatable bonds is 4. The largest absolute Gasteiger partial charge is 0.497 e. The second-order valence-electron chi connectivity index (χ2n) is 5.18. The zero-order valence-corrected chi connectivity index (χ0v) is 14.7. The van der Waals surface area contributed by atoms with E-state index in [2.05, 4.69) is 11.2 Å². The first-order valence-corrected chi connectivity index (χ1v) is 8.07. The van der Waals surface area contributed by atoms with Crippen LogP contribution < -0.4 is 4.74 Å². The van der Waals surface area contributed by atoms with Crippen LogP contribution in [0.25, 0.3) is 16.9 Å². The number of hydrogen-bond acceptors (Lipinski definition) is 4. The molecule has 0 fully saturated rings. The monoisotopic (exact) mass is 373 g/mol. The summed E-state index contributed by atoms with van der Waals surface area (Å²) >= 11 is 12.3. The summed E-state index contributed by atoms with van der Waals surface area (Å²) in [5.41, 5.74) is 2.42. The third-order valence-corrected chi connectivity index (χ3v) is 4.26. The number of nitrogens with zero attached hydrogens (tertiary/aromatic N) is 3. The topological polar surface area (TPSA) is 71.1 Å². The predicted molar refractivity (Wildman–Crippen MR) is 96.2 cm³/mol. The maximum absolute atomic E-state index is 9.58. The van der Waals surface area contributed by atoms with Gasteiger partial charge in [-0.05, 0) is 42.5 Å². The van der Waals surface area contributed by atoms with E-state index in [0.29, 0.717) is 32.7 Å². The van der Waals surface area contributed by atoms with E-state index in [0.717, 1.165) is 5.56 Å². The molecule has 3 aromatic rings. The second-order valence-corrected chi connectivity index (χ2v) is 6.02. The molecule has 0 aliphatic carbocycles. The number of aliphatic hydroxyl groups is 1. The zero-order chi connectivity index (χ0) is 18.0. The number of halogens is 2. The first-order chi connectivity index (χ1) is 12.1. The molecule has 0 atom stereocenters. The fourth-order valence-corrected chi connectivity index (χ4v) is 3.02. The Bertz CT molecular complexity index is 960. The Kier molecular flexibility index (Phi) is 4.95. The van der Waals surface area contributed by atoms with Crippen molar-refractivity contribution in [2.75, 3.05) is 7.11 Å². The first kappa shape index (κ1) is 17.3. The van der Waals surface area contributed by atoms with Gasteiger partial charge in [0.25, 0.3) is 0 Å². The van der Waals surface area contributed by atoms with Crippen LogP contribution in [-0.2, 0) is 6.61 Å². The molecule has 1 heterocycles. The molecule has 5 nitrogen and oxygen atoms in total. The molecule has 7 heteroatoms. The normalized spacial score (nSPS) is 10.5. The van der Waals surface area contributed by atoms with Crippen LogP contribution >= 0.6 is 23.2 Å². The van der Waals surface area contributed by atoms with Crippen molar-refractivity contribution in [3.63, 3.8) is 0 Å². The van der Waals surface area contributed by atoms with E-state index < -0.39 is 0 Å². The van der Waals surface area contributed by atoms with Crippen LogP contribution in [0.5, 0.6) is 5.75 Å². The molecule has 0 amide bonds. The highest BCUT2D eigenvalue weighted by Gasteiger charge is 2.21. The molecule has 126 valence electrons. The fourth-order valence-electron chi connectivity index (χ4n) is 2.53. The predicted octanol–water partition coefficient (Wildman–Crippen LogP) is 4.22. The van der Waals surface area contributed by atoms with Crippen LogP contribution in [0.2, 0.25) is 10.0 Å². The summed E-state index contributed by atoms with van der Waals surface area (Å²) in [6, 6.07) is 14.3. The van der Waals surface area contributed by atoms with Crippen molar-refractivity contribution in [2.24, 2.45) is 0 Å². The minimum Gasteiger partial charge on any atom is -0.497 e. The van der Waals surface area contributed by atoms with Gasteiger partial charge in [-0.1, -0.05) is 23.2 Å². The number of ether oxygens (including phenoxy) is 1. The maximum Gasteiger partial charge on any atom is 0.118 e. The lowest BCUT2D eigenvalue weighted by Crippen LogP contribution is -2.01. The summed E-state index contributed by atoms with van der Waals surface area (Å²) in [7, 11) is 1.58. The summed E-state index contributed by atoms with van der Waals surface area (Å²) in [6.07, 6.45) is 0. The van der Waals surface area contributed by atoms with E-state index in [9.17, 15) is 10.4 Å². The van der Waals surface area contributed by atoms with Crippen LogP contribution in [0.15, 0.2) is 42.5 Å². The number of benzene rings is 2. The van der Waals surface area contributed by atoms with E-state index in [1.165, 1.54) is 0 Å². The summed E-state index contributed by atoms with van der Waals surface area (Å²) in [4.78, 5) is 0. The van der Waals surface area contributed by atoms with E-state index >= 15 is 0 Å². The van der Waals surface area contributed by atoms with Gasteiger partial charge in [0.1, 0.15) is 23.1 Å². The SMILES string of the molecule is COc1ccc(-c2c(C#N)c(CO)nn2-c2ccc(Cl)cc2Cl)cc1. The van der Waals surface area contributed by atoms with Crippen LogP contribution in [0.3, 0.4) is 0 Å². The molecule has 25 heavy (non-hydrogen) atoms.